The van der Waals surface area contributed by atoms with Crippen LogP contribution in [0, 0.1) is 0 Å². The van der Waals surface area contributed by atoms with Crippen molar-refractivity contribution in [2.75, 3.05) is 6.61 Å². The van der Waals surface area contributed by atoms with E-state index in [-0.39, 0.29) is 0 Å². The maximum atomic E-state index is 5.78. The molecule has 0 radical (unpaired) electrons. The van der Waals surface area contributed by atoms with Crippen molar-refractivity contribution in [2.24, 2.45) is 0 Å². The molecule has 0 atom stereocenters. The minimum absolute atomic E-state index is 0.810. The van der Waals surface area contributed by atoms with Crippen molar-refractivity contribution in [3.05, 3.63) is 0 Å². The van der Waals surface area contributed by atoms with E-state index in [0.717, 1.165) is 11.8 Å². The van der Waals surface area contributed by atoms with Crippen molar-refractivity contribution in [2.45, 2.75) is 51.4 Å². The Morgan fingerprint density at radius 1 is 1.07 bits per heavy atom. The average molecular weight is 400 g/mol. The van der Waals surface area contributed by atoms with Gasteiger partial charge in [-0.05, 0) is 0 Å². The van der Waals surface area contributed by atoms with Crippen LogP contribution in [0.25, 0.3) is 0 Å². The van der Waals surface area contributed by atoms with E-state index in [2.05, 4.69) is 46.2 Å². The van der Waals surface area contributed by atoms with Gasteiger partial charge in [-0.25, -0.2) is 0 Å². The molecule has 0 aliphatic carbocycles. The summed E-state index contributed by atoms with van der Waals surface area (Å²) in [4.78, 5) is 0. The van der Waals surface area contributed by atoms with E-state index < -0.39 is 16.1 Å². The van der Waals surface area contributed by atoms with Gasteiger partial charge in [0.25, 0.3) is 0 Å². The van der Waals surface area contributed by atoms with Gasteiger partial charge in [0.05, 0.1) is 0 Å². The molecule has 0 bridgehead atoms. The fourth-order valence-corrected chi connectivity index (χ4v) is 22.2. The molecule has 0 unspecified atom stereocenters. The molecule has 4 heteroatoms. The molecule has 0 fully saturated rings. The molecule has 14 heavy (non-hydrogen) atoms. The van der Waals surface area contributed by atoms with E-state index in [1.54, 1.807) is 0 Å². The molecule has 0 spiro atoms. The standard InChI is InChI=1S/C10H24OSi2.W/c1-8-11-9-10(12(2,3)4)13(5,6)7;/h10H,8H2,1-7H3;. The quantitative estimate of drug-likeness (QED) is 0.644. The van der Waals surface area contributed by atoms with E-state index >= 15 is 0 Å². The Morgan fingerprint density at radius 3 is 1.64 bits per heavy atom. The molecule has 84 valence electrons. The second-order valence-corrected chi connectivity index (χ2v) is 18.6. The Kier molecular flexibility index (Phi) is 5.69. The van der Waals surface area contributed by atoms with Gasteiger partial charge in [-0.3, -0.25) is 0 Å². The van der Waals surface area contributed by atoms with Crippen molar-refractivity contribution >= 4 is 20.2 Å². The van der Waals surface area contributed by atoms with Crippen molar-refractivity contribution in [3.8, 4) is 0 Å². The summed E-state index contributed by atoms with van der Waals surface area (Å²) in [6.07, 6.45) is 0. The fourth-order valence-electron chi connectivity index (χ4n) is 2.23. The Labute approximate surface area is 102 Å². The van der Waals surface area contributed by atoms with Gasteiger partial charge in [-0.15, -0.1) is 0 Å². The predicted octanol–water partition coefficient (Wildman–Crippen LogP) is 3.29. The van der Waals surface area contributed by atoms with Crippen LogP contribution < -0.4 is 0 Å². The second kappa shape index (κ2) is 5.33. The average Bonchev–Trinajstić information content (AvgIpc) is 1.78. The summed E-state index contributed by atoms with van der Waals surface area (Å²) in [5, 5.41) is 0.810. The molecular weight excluding hydrogens is 376 g/mol. The fraction of sp³-hybridized carbons (Fsp3) is 0.900. The number of rotatable bonds is 5. The minimum atomic E-state index is -1.10. The Bertz CT molecular complexity index is 189. The van der Waals surface area contributed by atoms with Crippen molar-refractivity contribution < 1.29 is 24.1 Å². The van der Waals surface area contributed by atoms with Crippen LogP contribution >= 0.6 is 0 Å². The van der Waals surface area contributed by atoms with Gasteiger partial charge in [0.15, 0.2) is 0 Å². The monoisotopic (exact) mass is 400 g/mol. The van der Waals surface area contributed by atoms with Crippen LogP contribution in [0.15, 0.2) is 0 Å². The third-order valence-corrected chi connectivity index (χ3v) is 14.3. The molecule has 0 saturated heterocycles. The molecule has 0 aliphatic rings. The van der Waals surface area contributed by atoms with E-state index in [1.807, 2.05) is 0 Å². The molecule has 0 amide bonds. The van der Waals surface area contributed by atoms with Crippen LogP contribution in [-0.2, 0) is 24.1 Å². The van der Waals surface area contributed by atoms with E-state index in [4.69, 9.17) is 4.74 Å². The summed E-state index contributed by atoms with van der Waals surface area (Å²) < 4.78 is 7.16. The zero-order valence-corrected chi connectivity index (χ0v) is 15.5. The van der Waals surface area contributed by atoms with Crippen LogP contribution in [0.5, 0.6) is 0 Å². The molecule has 0 aliphatic heterocycles. The first-order valence-electron chi connectivity index (χ1n) is 5.27. The number of hydrogen-bond donors (Lipinski definition) is 0. The van der Waals surface area contributed by atoms with Crippen LogP contribution in [-0.4, -0.2) is 26.8 Å². The Hall–Kier alpha value is 0.952. The van der Waals surface area contributed by atoms with E-state index in [0.29, 0.717) is 0 Å². The maximum absolute atomic E-state index is 5.78. The molecule has 0 rings (SSSR count). The third-order valence-electron chi connectivity index (χ3n) is 2.25. The van der Waals surface area contributed by atoms with Gasteiger partial charge < -0.3 is 0 Å². The Balaban J connectivity index is 4.84. The van der Waals surface area contributed by atoms with E-state index in [9.17, 15) is 0 Å². The van der Waals surface area contributed by atoms with Gasteiger partial charge in [0.1, 0.15) is 0 Å². The summed E-state index contributed by atoms with van der Waals surface area (Å²) in [7, 11) is -2.20. The Morgan fingerprint density at radius 2 is 1.43 bits per heavy atom. The van der Waals surface area contributed by atoms with Crippen LogP contribution in [0.1, 0.15) is 6.92 Å². The van der Waals surface area contributed by atoms with Crippen LogP contribution in [0.3, 0.4) is 0 Å². The van der Waals surface area contributed by atoms with Gasteiger partial charge in [-0.2, -0.15) is 0 Å². The molecule has 0 heterocycles. The topological polar surface area (TPSA) is 9.23 Å². The summed E-state index contributed by atoms with van der Waals surface area (Å²) in [5.74, 6) is 0. The first kappa shape index (κ1) is 15.0. The molecule has 0 saturated carbocycles. The molecular formula is C10H24OSi2W. The molecule has 0 aromatic carbocycles. The zero-order chi connectivity index (χ0) is 11.6. The first-order valence-corrected chi connectivity index (χ1v) is 13.9. The van der Waals surface area contributed by atoms with Gasteiger partial charge in [0.2, 0.25) is 0 Å². The molecule has 1 nitrogen and oxygen atoms in total. The van der Waals surface area contributed by atoms with Gasteiger partial charge in [0, 0.05) is 0 Å². The first-order chi connectivity index (χ1) is 6.10. The summed E-state index contributed by atoms with van der Waals surface area (Å²) in [6, 6.07) is 0. The molecule has 0 aromatic rings. The summed E-state index contributed by atoms with van der Waals surface area (Å²) in [6.45, 7) is 17.7. The predicted molar refractivity (Wildman–Crippen MR) is 67.1 cm³/mol. The van der Waals surface area contributed by atoms with Crippen molar-refractivity contribution in [3.63, 3.8) is 0 Å². The van der Waals surface area contributed by atoms with Crippen LogP contribution in [0.2, 0.25) is 44.4 Å². The van der Waals surface area contributed by atoms with Crippen LogP contribution in [0.4, 0.5) is 0 Å². The number of hydrogen-bond acceptors (Lipinski definition) is 1. The summed E-state index contributed by atoms with van der Waals surface area (Å²) in [5.41, 5.74) is 0. The molecule has 0 aromatic heterocycles. The third kappa shape index (κ3) is 4.65. The number of ether oxygens (including phenoxy) is 1. The van der Waals surface area contributed by atoms with Gasteiger partial charge in [-0.1, -0.05) is 0 Å². The van der Waals surface area contributed by atoms with E-state index in [1.165, 1.54) is 23.4 Å². The van der Waals surface area contributed by atoms with Crippen molar-refractivity contribution in [1.29, 1.82) is 0 Å². The summed E-state index contributed by atoms with van der Waals surface area (Å²) >= 11 is 1.54. The molecule has 0 N–H and O–H groups in total. The second-order valence-electron chi connectivity index (χ2n) is 5.92. The zero-order valence-electron chi connectivity index (χ0n) is 10.6. The van der Waals surface area contributed by atoms with Gasteiger partial charge >= 0.3 is 102 Å². The van der Waals surface area contributed by atoms with Crippen molar-refractivity contribution in [1.82, 2.24) is 0 Å². The SMILES string of the molecule is CCO[C](=[W])C([Si](C)(C)C)[Si](C)(C)C. The normalized spacial score (nSPS) is 13.4.